The van der Waals surface area contributed by atoms with Crippen LogP contribution >= 0.6 is 34.4 Å². The molecule has 0 aliphatic heterocycles. The van der Waals surface area contributed by atoms with Gasteiger partial charge in [-0.15, -0.1) is 21.5 Å². The molecule has 0 radical (unpaired) electrons. The molecule has 27 heavy (non-hydrogen) atoms. The smallest absolute Gasteiger partial charge is 0.266 e. The van der Waals surface area contributed by atoms with E-state index in [0.717, 1.165) is 26.0 Å². The Hall–Kier alpha value is -2.48. The average molecular weight is 410 g/mol. The minimum Gasteiger partial charge on any atom is -0.321 e. The number of anilines is 1. The highest BCUT2D eigenvalue weighted by Crippen LogP contribution is 2.31. The van der Waals surface area contributed by atoms with Crippen molar-refractivity contribution in [3.8, 4) is 11.1 Å². The van der Waals surface area contributed by atoms with Crippen molar-refractivity contribution in [2.75, 3.05) is 5.32 Å². The number of nitrogens with one attached hydrogen (secondary N) is 1. The number of amides is 1. The van der Waals surface area contributed by atoms with Gasteiger partial charge in [-0.1, -0.05) is 52.9 Å². The Bertz CT molecular complexity index is 1040. The van der Waals surface area contributed by atoms with Gasteiger partial charge in [0.15, 0.2) is 4.34 Å². The lowest BCUT2D eigenvalue weighted by molar-refractivity contribution is 0.103. The Morgan fingerprint density at radius 3 is 2.48 bits per heavy atom. The first-order valence-electron chi connectivity index (χ1n) is 8.19. The van der Waals surface area contributed by atoms with Crippen molar-refractivity contribution in [3.05, 3.63) is 75.9 Å². The molecule has 0 aliphatic carbocycles. The van der Waals surface area contributed by atoms with E-state index in [1.165, 1.54) is 28.2 Å². The number of carbonyl (C=O) groups excluding carboxylic acids is 1. The topological polar surface area (TPSA) is 54.9 Å². The van der Waals surface area contributed by atoms with E-state index in [-0.39, 0.29) is 5.91 Å². The van der Waals surface area contributed by atoms with Crippen molar-refractivity contribution >= 4 is 46.0 Å². The zero-order valence-corrected chi connectivity index (χ0v) is 16.8. The maximum absolute atomic E-state index is 12.8. The van der Waals surface area contributed by atoms with E-state index in [1.54, 1.807) is 17.3 Å². The number of benzene rings is 2. The van der Waals surface area contributed by atoms with E-state index in [2.05, 4.69) is 34.6 Å². The molecule has 0 atom stereocenters. The van der Waals surface area contributed by atoms with Gasteiger partial charge in [0.2, 0.25) is 0 Å². The summed E-state index contributed by atoms with van der Waals surface area (Å²) in [6, 6.07) is 18.0. The summed E-state index contributed by atoms with van der Waals surface area (Å²) >= 11 is 4.51. The molecule has 4 rings (SSSR count). The Morgan fingerprint density at radius 2 is 1.78 bits per heavy atom. The molecule has 7 heteroatoms. The molecule has 2 aromatic heterocycles. The van der Waals surface area contributed by atoms with E-state index < -0.39 is 0 Å². The van der Waals surface area contributed by atoms with E-state index in [0.29, 0.717) is 4.88 Å². The summed E-state index contributed by atoms with van der Waals surface area (Å²) in [6.07, 6.45) is 0. The van der Waals surface area contributed by atoms with Crippen LogP contribution in [0.5, 0.6) is 0 Å². The molecule has 1 amide bonds. The summed E-state index contributed by atoms with van der Waals surface area (Å²) in [6.45, 7) is 2.05. The predicted molar refractivity (Wildman–Crippen MR) is 113 cm³/mol. The van der Waals surface area contributed by atoms with Crippen LogP contribution in [-0.4, -0.2) is 16.1 Å². The van der Waals surface area contributed by atoms with Crippen molar-refractivity contribution in [1.29, 1.82) is 0 Å². The quantitative estimate of drug-likeness (QED) is 0.441. The summed E-state index contributed by atoms with van der Waals surface area (Å²) < 4.78 is 0.896. The molecule has 1 N–H and O–H groups in total. The van der Waals surface area contributed by atoms with E-state index in [4.69, 9.17) is 0 Å². The number of thiophene rings is 1. The fourth-order valence-corrected chi connectivity index (χ4v) is 4.81. The molecule has 0 saturated carbocycles. The first-order chi connectivity index (χ1) is 13.2. The molecular weight excluding hydrogens is 394 g/mol. The van der Waals surface area contributed by atoms with Crippen molar-refractivity contribution < 1.29 is 4.79 Å². The lowest BCUT2D eigenvalue weighted by atomic mass is 10.0. The lowest BCUT2D eigenvalue weighted by Gasteiger charge is -2.07. The third-order valence-corrected chi connectivity index (χ3v) is 6.59. The summed E-state index contributed by atoms with van der Waals surface area (Å²) in [7, 11) is 0. The summed E-state index contributed by atoms with van der Waals surface area (Å²) in [5, 5.41) is 12.8. The van der Waals surface area contributed by atoms with Gasteiger partial charge in [-0.3, -0.25) is 4.79 Å². The first-order valence-corrected chi connectivity index (χ1v) is 10.8. The van der Waals surface area contributed by atoms with Gasteiger partial charge in [-0.05, 0) is 48.2 Å². The van der Waals surface area contributed by atoms with Crippen LogP contribution in [0, 0.1) is 6.92 Å². The molecule has 134 valence electrons. The van der Waals surface area contributed by atoms with Crippen molar-refractivity contribution in [1.82, 2.24) is 10.2 Å². The number of carbonyl (C=O) groups is 1. The zero-order valence-electron chi connectivity index (χ0n) is 14.4. The lowest BCUT2D eigenvalue weighted by Crippen LogP contribution is -2.11. The number of nitrogens with zero attached hydrogens (tertiary/aromatic N) is 2. The van der Waals surface area contributed by atoms with Crippen LogP contribution in [-0.2, 0) is 0 Å². The molecule has 2 heterocycles. The largest absolute Gasteiger partial charge is 0.321 e. The van der Waals surface area contributed by atoms with Gasteiger partial charge < -0.3 is 5.32 Å². The number of aromatic nitrogens is 2. The van der Waals surface area contributed by atoms with Gasteiger partial charge in [0.25, 0.3) is 5.91 Å². The van der Waals surface area contributed by atoms with Crippen LogP contribution in [0.1, 0.15) is 15.2 Å². The Balaban J connectivity index is 1.48. The van der Waals surface area contributed by atoms with Crippen LogP contribution in [0.3, 0.4) is 0 Å². The molecule has 0 unspecified atom stereocenters. The fourth-order valence-electron chi connectivity index (χ4n) is 2.55. The third-order valence-electron chi connectivity index (χ3n) is 3.89. The van der Waals surface area contributed by atoms with Crippen LogP contribution in [0.15, 0.2) is 74.7 Å². The number of hydrogen-bond acceptors (Lipinski definition) is 6. The summed E-state index contributed by atoms with van der Waals surface area (Å²) in [5.41, 5.74) is 5.69. The molecule has 0 spiro atoms. The number of hydrogen-bond donors (Lipinski definition) is 1. The van der Waals surface area contributed by atoms with E-state index in [9.17, 15) is 4.79 Å². The summed E-state index contributed by atoms with van der Waals surface area (Å²) in [4.78, 5) is 14.5. The third kappa shape index (κ3) is 4.27. The van der Waals surface area contributed by atoms with Gasteiger partial charge in [0, 0.05) is 16.1 Å². The van der Waals surface area contributed by atoms with Gasteiger partial charge in [-0.2, -0.15) is 0 Å². The van der Waals surface area contributed by atoms with E-state index >= 15 is 0 Å². The van der Waals surface area contributed by atoms with Crippen LogP contribution in [0.4, 0.5) is 5.69 Å². The maximum Gasteiger partial charge on any atom is 0.266 e. The Labute approximate surface area is 169 Å². The van der Waals surface area contributed by atoms with Gasteiger partial charge in [-0.25, -0.2) is 0 Å². The molecule has 2 aromatic carbocycles. The molecular formula is C20H15N3OS3. The standard InChI is InChI=1S/C20H15N3OS3/c1-13-2-4-14(5-3-13)17-10-11-25-18(17)19(24)22-15-6-8-16(9-7-15)27-20-23-21-12-26-20/h2-12H,1H3,(H,22,24). The van der Waals surface area contributed by atoms with Gasteiger partial charge in [0.1, 0.15) is 5.51 Å². The zero-order chi connectivity index (χ0) is 18.6. The molecule has 0 aliphatic rings. The Kier molecular flexibility index (Phi) is 5.33. The Morgan fingerprint density at radius 1 is 1.00 bits per heavy atom. The maximum atomic E-state index is 12.8. The summed E-state index contributed by atoms with van der Waals surface area (Å²) in [5.74, 6) is -0.0925. The highest BCUT2D eigenvalue weighted by atomic mass is 32.2. The van der Waals surface area contributed by atoms with Crippen molar-refractivity contribution in [3.63, 3.8) is 0 Å². The SMILES string of the molecule is Cc1ccc(-c2ccsc2C(=O)Nc2ccc(Sc3nncs3)cc2)cc1. The monoisotopic (exact) mass is 409 g/mol. The highest BCUT2D eigenvalue weighted by Gasteiger charge is 2.15. The molecule has 4 aromatic rings. The highest BCUT2D eigenvalue weighted by molar-refractivity contribution is 8.01. The molecule has 4 nitrogen and oxygen atoms in total. The van der Waals surface area contributed by atoms with E-state index in [1.807, 2.05) is 47.8 Å². The minimum absolute atomic E-state index is 0.0925. The van der Waals surface area contributed by atoms with Crippen molar-refractivity contribution in [2.24, 2.45) is 0 Å². The average Bonchev–Trinajstić information content (AvgIpc) is 3.36. The number of rotatable bonds is 5. The van der Waals surface area contributed by atoms with Gasteiger partial charge >= 0.3 is 0 Å². The van der Waals surface area contributed by atoms with Crippen LogP contribution < -0.4 is 5.32 Å². The second-order valence-electron chi connectivity index (χ2n) is 5.81. The molecule has 0 fully saturated rings. The second-order valence-corrected chi connectivity index (χ2v) is 8.88. The minimum atomic E-state index is -0.0925. The second kappa shape index (κ2) is 8.04. The van der Waals surface area contributed by atoms with Gasteiger partial charge in [0.05, 0.1) is 4.88 Å². The van der Waals surface area contributed by atoms with Crippen molar-refractivity contribution in [2.45, 2.75) is 16.2 Å². The van der Waals surface area contributed by atoms with Crippen LogP contribution in [0.25, 0.3) is 11.1 Å². The molecule has 0 saturated heterocycles. The fraction of sp³-hybridized carbons (Fsp3) is 0.0500. The van der Waals surface area contributed by atoms with Crippen LogP contribution in [0.2, 0.25) is 0 Å². The predicted octanol–water partition coefficient (Wildman–Crippen LogP) is 5.98. The first kappa shape index (κ1) is 17.9. The molecule has 0 bridgehead atoms. The normalized spacial score (nSPS) is 10.7. The number of aryl methyl sites for hydroxylation is 1.